The Morgan fingerprint density at radius 1 is 1.05 bits per heavy atom. The van der Waals surface area contributed by atoms with Crippen LogP contribution in [-0.2, 0) is 19.8 Å². The zero-order chi connectivity index (χ0) is 14.8. The van der Waals surface area contributed by atoms with Crippen LogP contribution in [0.4, 0.5) is 5.95 Å². The second kappa shape index (κ2) is 9.00. The molecule has 0 fully saturated rings. The van der Waals surface area contributed by atoms with Crippen molar-refractivity contribution in [2.75, 3.05) is 25.6 Å². The van der Waals surface area contributed by atoms with E-state index in [1.807, 2.05) is 20.8 Å². The summed E-state index contributed by atoms with van der Waals surface area (Å²) in [6, 6.07) is 0.796. The van der Waals surface area contributed by atoms with Gasteiger partial charge in [0.25, 0.3) is 0 Å². The maximum Gasteiger partial charge on any atom is 0.500 e. The molecule has 0 radical (unpaired) electrons. The van der Waals surface area contributed by atoms with E-state index in [1.165, 1.54) is 0 Å². The molecule has 0 saturated carbocycles. The third-order valence-electron chi connectivity index (χ3n) is 2.76. The van der Waals surface area contributed by atoms with Crippen molar-refractivity contribution in [1.82, 2.24) is 20.2 Å². The molecule has 0 atom stereocenters. The number of hydrogen-bond acceptors (Lipinski definition) is 7. The second-order valence-corrected chi connectivity index (χ2v) is 6.93. The summed E-state index contributed by atoms with van der Waals surface area (Å²) < 4.78 is 19.0. The summed E-state index contributed by atoms with van der Waals surface area (Å²) in [6.45, 7) is 8.38. The first-order valence-corrected chi connectivity index (χ1v) is 9.04. The Labute approximate surface area is 120 Å². The summed E-state index contributed by atoms with van der Waals surface area (Å²) in [6.07, 6.45) is 1.82. The van der Waals surface area contributed by atoms with Gasteiger partial charge in [-0.15, -0.1) is 0 Å². The van der Waals surface area contributed by atoms with E-state index in [-0.39, 0.29) is 0 Å². The first-order chi connectivity index (χ1) is 9.67. The van der Waals surface area contributed by atoms with Crippen LogP contribution in [0.3, 0.4) is 0 Å². The Kier molecular flexibility index (Phi) is 7.66. The molecule has 0 spiro atoms. The van der Waals surface area contributed by atoms with Gasteiger partial charge in [0.2, 0.25) is 5.95 Å². The molecular formula is C11H25N5O3Si. The zero-order valence-electron chi connectivity index (χ0n) is 12.5. The van der Waals surface area contributed by atoms with Gasteiger partial charge in [-0.05, 0) is 44.0 Å². The van der Waals surface area contributed by atoms with Crippen molar-refractivity contribution in [3.63, 3.8) is 0 Å². The Morgan fingerprint density at radius 2 is 1.65 bits per heavy atom. The minimum Gasteiger partial charge on any atom is -0.374 e. The van der Waals surface area contributed by atoms with E-state index in [9.17, 15) is 0 Å². The minimum atomic E-state index is -2.52. The predicted molar refractivity (Wildman–Crippen MR) is 76.9 cm³/mol. The maximum atomic E-state index is 5.79. The normalized spacial score (nSPS) is 11.9. The number of hydrogen-bond donors (Lipinski definition) is 1. The van der Waals surface area contributed by atoms with Crippen molar-refractivity contribution in [3.8, 4) is 0 Å². The highest BCUT2D eigenvalue weighted by Gasteiger charge is 2.39. The Balaban J connectivity index is 2.42. The number of rotatable bonds is 11. The number of aromatic nitrogens is 4. The average molecular weight is 303 g/mol. The fourth-order valence-corrected chi connectivity index (χ4v) is 4.66. The smallest absolute Gasteiger partial charge is 0.374 e. The van der Waals surface area contributed by atoms with Crippen molar-refractivity contribution in [2.24, 2.45) is 0 Å². The largest absolute Gasteiger partial charge is 0.500 e. The van der Waals surface area contributed by atoms with Crippen LogP contribution in [0.5, 0.6) is 0 Å². The Hall–Kier alpha value is -1.03. The molecule has 1 aromatic heterocycles. The molecule has 0 aliphatic carbocycles. The summed E-state index contributed by atoms with van der Waals surface area (Å²) in [5.41, 5.74) is 5.61. The second-order valence-electron chi connectivity index (χ2n) is 4.20. The van der Waals surface area contributed by atoms with Crippen molar-refractivity contribution < 1.29 is 13.3 Å². The molecule has 0 unspecified atom stereocenters. The van der Waals surface area contributed by atoms with E-state index in [1.54, 1.807) is 4.68 Å². The molecule has 20 heavy (non-hydrogen) atoms. The summed E-state index contributed by atoms with van der Waals surface area (Å²) >= 11 is 0. The highest BCUT2D eigenvalue weighted by molar-refractivity contribution is 6.60. The number of tetrazole rings is 1. The van der Waals surface area contributed by atoms with Crippen molar-refractivity contribution in [1.29, 1.82) is 0 Å². The van der Waals surface area contributed by atoms with Crippen LogP contribution in [0.1, 0.15) is 33.6 Å². The van der Waals surface area contributed by atoms with Crippen LogP contribution in [0.25, 0.3) is 0 Å². The van der Waals surface area contributed by atoms with Crippen LogP contribution >= 0.6 is 0 Å². The first kappa shape index (κ1) is 17.0. The fourth-order valence-electron chi connectivity index (χ4n) is 1.98. The van der Waals surface area contributed by atoms with Crippen LogP contribution < -0.4 is 5.73 Å². The zero-order valence-corrected chi connectivity index (χ0v) is 13.5. The van der Waals surface area contributed by atoms with E-state index in [4.69, 9.17) is 19.0 Å². The van der Waals surface area contributed by atoms with Gasteiger partial charge in [0, 0.05) is 32.4 Å². The molecule has 2 N–H and O–H groups in total. The van der Waals surface area contributed by atoms with Gasteiger partial charge < -0.3 is 19.0 Å². The van der Waals surface area contributed by atoms with Crippen molar-refractivity contribution in [2.45, 2.75) is 46.2 Å². The number of anilines is 1. The molecule has 0 aliphatic rings. The summed E-state index contributed by atoms with van der Waals surface area (Å²) in [5.74, 6) is 0.341. The van der Waals surface area contributed by atoms with E-state index in [0.29, 0.717) is 32.3 Å². The van der Waals surface area contributed by atoms with Gasteiger partial charge >= 0.3 is 8.80 Å². The third kappa shape index (κ3) is 5.16. The number of unbranched alkanes of at least 4 members (excludes halogenated alkanes) is 1. The number of nitrogen functional groups attached to an aromatic ring is 1. The quantitative estimate of drug-likeness (QED) is 0.482. The minimum absolute atomic E-state index is 0.341. The van der Waals surface area contributed by atoms with Gasteiger partial charge in [-0.2, -0.15) is 0 Å². The predicted octanol–water partition coefficient (Wildman–Crippen LogP) is 1.08. The average Bonchev–Trinajstić information content (AvgIpc) is 2.81. The summed E-state index contributed by atoms with van der Waals surface area (Å²) in [5, 5.41) is 11.0. The van der Waals surface area contributed by atoms with Gasteiger partial charge in [0.1, 0.15) is 0 Å². The van der Waals surface area contributed by atoms with Gasteiger partial charge in [-0.25, -0.2) is 4.68 Å². The van der Waals surface area contributed by atoms with Gasteiger partial charge in [-0.1, -0.05) is 5.10 Å². The van der Waals surface area contributed by atoms with Crippen LogP contribution in [-0.4, -0.2) is 48.8 Å². The van der Waals surface area contributed by atoms with E-state index in [0.717, 1.165) is 18.9 Å². The van der Waals surface area contributed by atoms with E-state index >= 15 is 0 Å². The van der Waals surface area contributed by atoms with Crippen molar-refractivity contribution >= 4 is 14.8 Å². The van der Waals surface area contributed by atoms with Gasteiger partial charge in [0.15, 0.2) is 0 Å². The SMILES string of the molecule is CCO[Si](CCCCn1nnnc1N)(OCC)OCC. The molecule has 1 rings (SSSR count). The first-order valence-electron chi connectivity index (χ1n) is 7.11. The van der Waals surface area contributed by atoms with Crippen LogP contribution in [0, 0.1) is 0 Å². The summed E-state index contributed by atoms with van der Waals surface area (Å²) in [4.78, 5) is 0. The molecule has 116 valence electrons. The highest BCUT2D eigenvalue weighted by Crippen LogP contribution is 2.19. The molecular weight excluding hydrogens is 278 g/mol. The van der Waals surface area contributed by atoms with E-state index in [2.05, 4.69) is 15.5 Å². The van der Waals surface area contributed by atoms with E-state index < -0.39 is 8.80 Å². The fraction of sp³-hybridized carbons (Fsp3) is 0.909. The van der Waals surface area contributed by atoms with Crippen LogP contribution in [0.15, 0.2) is 0 Å². The van der Waals surface area contributed by atoms with Gasteiger partial charge in [-0.3, -0.25) is 0 Å². The topological polar surface area (TPSA) is 97.3 Å². The number of nitrogens with zero attached hydrogens (tertiary/aromatic N) is 4. The lowest BCUT2D eigenvalue weighted by molar-refractivity contribution is 0.0706. The summed E-state index contributed by atoms with van der Waals surface area (Å²) in [7, 11) is -2.52. The lowest BCUT2D eigenvalue weighted by atomic mass is 10.3. The number of aryl methyl sites for hydroxylation is 1. The molecule has 0 bridgehead atoms. The molecule has 0 aliphatic heterocycles. The molecule has 0 saturated heterocycles. The van der Waals surface area contributed by atoms with Crippen molar-refractivity contribution in [3.05, 3.63) is 0 Å². The molecule has 0 aromatic carbocycles. The monoisotopic (exact) mass is 303 g/mol. The molecule has 9 heteroatoms. The lowest BCUT2D eigenvalue weighted by Gasteiger charge is -2.28. The Bertz CT molecular complexity index is 360. The molecule has 1 aromatic rings. The molecule has 0 amide bonds. The Morgan fingerprint density at radius 3 is 2.10 bits per heavy atom. The molecule has 1 heterocycles. The van der Waals surface area contributed by atoms with Crippen LogP contribution in [0.2, 0.25) is 6.04 Å². The lowest BCUT2D eigenvalue weighted by Crippen LogP contribution is -2.45. The third-order valence-corrected chi connectivity index (χ3v) is 5.91. The number of nitrogens with two attached hydrogens (primary N) is 1. The maximum absolute atomic E-state index is 5.79. The molecule has 8 nitrogen and oxygen atoms in total. The highest BCUT2D eigenvalue weighted by atomic mass is 28.4. The van der Waals surface area contributed by atoms with Gasteiger partial charge in [0.05, 0.1) is 0 Å². The standard InChI is InChI=1S/C11H25N5O3Si/c1-4-17-20(18-5-2,19-6-3)10-8-7-9-16-11(12)13-14-15-16/h4-10H2,1-3H3,(H2,12,13,15).